The van der Waals surface area contributed by atoms with Crippen molar-refractivity contribution < 1.29 is 52.7 Å². The fourth-order valence-electron chi connectivity index (χ4n) is 7.81. The van der Waals surface area contributed by atoms with Gasteiger partial charge in [0.2, 0.25) is 59.1 Å². The van der Waals surface area contributed by atoms with Crippen molar-refractivity contribution in [1.29, 1.82) is 0 Å². The Hall–Kier alpha value is -6.40. The third kappa shape index (κ3) is 18.7. The Kier molecular flexibility index (Phi) is 23.4. The topological polar surface area (TPSA) is 345 Å². The highest BCUT2D eigenvalue weighted by Gasteiger charge is 2.40. The standard InChI is InChI=1S/C47H67N11O11S2/c1-4-69-30-16-14-29(15-17-30)23-32-42(63)54-33(22-28-10-6-5-7-11-28)44(65)57-40(27(2)3)46(67)55-34(24-37(49)59)43(64)56-35(26-71-70-21-18-39(61)52-32)47(68)58-20-9-13-36(58)45(66)53-31(12-8-19-48)41(62)51-25-38(50)60/h5-7,10-11,14-17,27,31-36,40H,4,8-9,12-13,18-26,48H2,1-3H3,(H2,49,59)(H2,50,60)(H,51,62)(H,52,61)(H,53,66)(H,54,63)(H,55,67)(H,56,64)(H,57,65). The quantitative estimate of drug-likeness (QED) is 0.0755. The van der Waals surface area contributed by atoms with Crippen molar-refractivity contribution in [3.63, 3.8) is 0 Å². The van der Waals surface area contributed by atoms with E-state index >= 15 is 0 Å². The molecular formula is C47H67N11O11S2. The van der Waals surface area contributed by atoms with Crippen LogP contribution in [0.1, 0.15) is 70.4 Å². The van der Waals surface area contributed by atoms with Gasteiger partial charge in [-0.15, -0.1) is 0 Å². The number of nitrogens with zero attached hydrogens (tertiary/aromatic N) is 1. The van der Waals surface area contributed by atoms with Crippen LogP contribution < -0.4 is 59.2 Å². The van der Waals surface area contributed by atoms with Gasteiger partial charge >= 0.3 is 0 Å². The molecule has 0 spiro atoms. The first-order valence-electron chi connectivity index (χ1n) is 23.6. The largest absolute Gasteiger partial charge is 0.494 e. The second kappa shape index (κ2) is 29.1. The van der Waals surface area contributed by atoms with Gasteiger partial charge in [0.25, 0.3) is 0 Å². The lowest BCUT2D eigenvalue weighted by molar-refractivity contribution is -0.142. The van der Waals surface area contributed by atoms with E-state index in [1.54, 1.807) is 68.4 Å². The van der Waals surface area contributed by atoms with Crippen molar-refractivity contribution in [2.75, 3.05) is 37.7 Å². The molecule has 71 heavy (non-hydrogen) atoms. The highest BCUT2D eigenvalue weighted by Crippen LogP contribution is 2.26. The molecule has 0 radical (unpaired) electrons. The minimum absolute atomic E-state index is 0.00869. The maximum atomic E-state index is 14.5. The summed E-state index contributed by atoms with van der Waals surface area (Å²) in [5.41, 5.74) is 17.8. The van der Waals surface area contributed by atoms with Gasteiger partial charge in [-0.3, -0.25) is 47.9 Å². The van der Waals surface area contributed by atoms with E-state index in [0.717, 1.165) is 10.8 Å². The summed E-state index contributed by atoms with van der Waals surface area (Å²) in [4.78, 5) is 137. The predicted molar refractivity (Wildman–Crippen MR) is 266 cm³/mol. The number of primary amides is 2. The van der Waals surface area contributed by atoms with Crippen LogP contribution in [-0.4, -0.2) is 144 Å². The van der Waals surface area contributed by atoms with Crippen LogP contribution in [0, 0.1) is 5.92 Å². The molecule has 0 bridgehead atoms. The summed E-state index contributed by atoms with van der Waals surface area (Å²) in [6, 6.07) is 6.91. The number of likely N-dealkylation sites (tertiary alicyclic amines) is 1. The molecular weight excluding hydrogens is 959 g/mol. The molecule has 2 aromatic carbocycles. The van der Waals surface area contributed by atoms with Gasteiger partial charge in [-0.2, -0.15) is 0 Å². The highest BCUT2D eigenvalue weighted by molar-refractivity contribution is 8.76. The van der Waals surface area contributed by atoms with Crippen LogP contribution in [0.15, 0.2) is 54.6 Å². The Labute approximate surface area is 420 Å². The van der Waals surface area contributed by atoms with E-state index in [9.17, 15) is 47.9 Å². The van der Waals surface area contributed by atoms with E-state index in [1.165, 1.54) is 15.7 Å². The van der Waals surface area contributed by atoms with Crippen LogP contribution in [0.25, 0.3) is 0 Å². The molecule has 0 aliphatic carbocycles. The number of amides is 10. The lowest BCUT2D eigenvalue weighted by atomic mass is 9.99. The van der Waals surface area contributed by atoms with Crippen LogP contribution in [-0.2, 0) is 60.8 Å². The van der Waals surface area contributed by atoms with Crippen LogP contribution in [0.2, 0.25) is 0 Å². The van der Waals surface area contributed by atoms with Gasteiger partial charge in [0.1, 0.15) is 48.0 Å². The smallest absolute Gasteiger partial charge is 0.246 e. The molecule has 2 aliphatic heterocycles. The van der Waals surface area contributed by atoms with Gasteiger partial charge in [0.05, 0.1) is 19.6 Å². The zero-order chi connectivity index (χ0) is 52.0. The Balaban J connectivity index is 1.67. The first-order chi connectivity index (χ1) is 33.9. The van der Waals surface area contributed by atoms with E-state index in [-0.39, 0.29) is 56.7 Å². The molecule has 2 aromatic rings. The summed E-state index contributed by atoms with van der Waals surface area (Å²) < 4.78 is 5.57. The van der Waals surface area contributed by atoms with Gasteiger partial charge in [0.15, 0.2) is 0 Å². The van der Waals surface area contributed by atoms with Crippen LogP contribution in [0.3, 0.4) is 0 Å². The molecule has 2 saturated heterocycles. The summed E-state index contributed by atoms with van der Waals surface area (Å²) in [5.74, 6) is -7.50. The molecule has 10 amide bonds. The molecule has 2 fully saturated rings. The highest BCUT2D eigenvalue weighted by atomic mass is 33.1. The Bertz CT molecular complexity index is 2190. The first kappa shape index (κ1) is 57.2. The van der Waals surface area contributed by atoms with E-state index in [0.29, 0.717) is 36.3 Å². The molecule has 4 rings (SSSR count). The number of benzene rings is 2. The summed E-state index contributed by atoms with van der Waals surface area (Å²) in [6.07, 6.45) is 0.299. The van der Waals surface area contributed by atoms with Crippen molar-refractivity contribution in [2.45, 2.75) is 114 Å². The van der Waals surface area contributed by atoms with E-state index < -0.39 is 120 Å². The lowest BCUT2D eigenvalue weighted by Crippen LogP contribution is -2.61. The van der Waals surface area contributed by atoms with Crippen molar-refractivity contribution in [2.24, 2.45) is 23.1 Å². The number of carbonyl (C=O) groups is 10. The monoisotopic (exact) mass is 1030 g/mol. The fraction of sp³-hybridized carbons (Fsp3) is 0.532. The van der Waals surface area contributed by atoms with Crippen LogP contribution in [0.5, 0.6) is 5.75 Å². The average molecular weight is 1030 g/mol. The number of hydrogen-bond acceptors (Lipinski definition) is 14. The molecule has 2 aliphatic rings. The minimum Gasteiger partial charge on any atom is -0.494 e. The number of carbonyl (C=O) groups excluding carboxylic acids is 10. The van der Waals surface area contributed by atoms with Gasteiger partial charge < -0.3 is 64.1 Å². The second-order valence-electron chi connectivity index (χ2n) is 17.4. The SMILES string of the molecule is CCOc1ccc(CC2NC(=O)CCSSCC(C(=O)N3CCCC3C(=O)NC(CCCN)C(=O)NCC(N)=O)NC(=O)C(CC(N)=O)NC(=O)C(C(C)C)NC(=O)C(Cc3ccccc3)NC2=O)cc1. The van der Waals surface area contributed by atoms with E-state index in [2.05, 4.69) is 37.2 Å². The number of nitrogens with one attached hydrogen (secondary N) is 7. The molecule has 2 heterocycles. The summed E-state index contributed by atoms with van der Waals surface area (Å²) in [7, 11) is 2.32. The first-order valence-corrected chi connectivity index (χ1v) is 26.1. The lowest BCUT2D eigenvalue weighted by Gasteiger charge is -2.31. The summed E-state index contributed by atoms with van der Waals surface area (Å²) in [5, 5.41) is 18.5. The number of hydrogen-bond donors (Lipinski definition) is 10. The molecule has 13 N–H and O–H groups in total. The predicted octanol–water partition coefficient (Wildman–Crippen LogP) is -1.57. The van der Waals surface area contributed by atoms with Crippen molar-refractivity contribution >= 4 is 80.7 Å². The average Bonchev–Trinajstić information content (AvgIpc) is 3.83. The Morgan fingerprint density at radius 2 is 1.42 bits per heavy atom. The summed E-state index contributed by atoms with van der Waals surface area (Å²) >= 11 is 0. The van der Waals surface area contributed by atoms with Gasteiger partial charge in [-0.1, -0.05) is 77.9 Å². The number of nitrogens with two attached hydrogens (primary N) is 3. The normalized spacial score (nSPS) is 22.4. The fourth-order valence-corrected chi connectivity index (χ4v) is 9.95. The Morgan fingerprint density at radius 3 is 2.06 bits per heavy atom. The third-order valence-corrected chi connectivity index (χ3v) is 13.9. The third-order valence-electron chi connectivity index (χ3n) is 11.5. The van der Waals surface area contributed by atoms with E-state index in [1.807, 2.05) is 6.92 Å². The van der Waals surface area contributed by atoms with Crippen molar-refractivity contribution in [3.05, 3.63) is 65.7 Å². The Morgan fingerprint density at radius 1 is 0.789 bits per heavy atom. The van der Waals surface area contributed by atoms with Crippen molar-refractivity contribution in [1.82, 2.24) is 42.1 Å². The van der Waals surface area contributed by atoms with Crippen LogP contribution in [0.4, 0.5) is 0 Å². The maximum Gasteiger partial charge on any atom is 0.246 e. The van der Waals surface area contributed by atoms with Gasteiger partial charge in [-0.05, 0) is 68.3 Å². The second-order valence-corrected chi connectivity index (χ2v) is 20.0. The number of ether oxygens (including phenoxy) is 1. The molecule has 24 heteroatoms. The van der Waals surface area contributed by atoms with Crippen LogP contribution >= 0.6 is 21.6 Å². The van der Waals surface area contributed by atoms with Gasteiger partial charge in [0, 0.05) is 37.3 Å². The molecule has 22 nitrogen and oxygen atoms in total. The zero-order valence-corrected chi connectivity index (χ0v) is 41.8. The van der Waals surface area contributed by atoms with E-state index in [4.69, 9.17) is 21.9 Å². The zero-order valence-electron chi connectivity index (χ0n) is 40.2. The van der Waals surface area contributed by atoms with Gasteiger partial charge in [-0.25, -0.2) is 0 Å². The minimum atomic E-state index is -1.64. The summed E-state index contributed by atoms with van der Waals surface area (Å²) in [6.45, 7) is 5.40. The molecule has 388 valence electrons. The van der Waals surface area contributed by atoms with Crippen molar-refractivity contribution in [3.8, 4) is 5.75 Å². The molecule has 0 aromatic heterocycles. The number of rotatable bonds is 18. The molecule has 7 unspecified atom stereocenters. The maximum absolute atomic E-state index is 14.5. The molecule has 7 atom stereocenters. The molecule has 0 saturated carbocycles.